The van der Waals surface area contributed by atoms with E-state index in [2.05, 4.69) is 10.1 Å². The Kier molecular flexibility index (Phi) is 5.10. The van der Waals surface area contributed by atoms with Gasteiger partial charge in [0.15, 0.2) is 0 Å². The van der Waals surface area contributed by atoms with Gasteiger partial charge in [-0.2, -0.15) is 0 Å². The number of nitrogens with zero attached hydrogens (tertiary/aromatic N) is 1. The quantitative estimate of drug-likeness (QED) is 0.831. The molecule has 0 atom stereocenters. The first-order valence-electron chi connectivity index (χ1n) is 6.70. The fraction of sp³-hybridized carbons (Fsp3) is 0.429. The fourth-order valence-electron chi connectivity index (χ4n) is 2.23. The van der Waals surface area contributed by atoms with Gasteiger partial charge in [-0.1, -0.05) is 0 Å². The Balaban J connectivity index is 1.90. The summed E-state index contributed by atoms with van der Waals surface area (Å²) < 4.78 is 18.7. The monoisotopic (exact) mass is 296 g/mol. The van der Waals surface area contributed by atoms with Crippen molar-refractivity contribution in [2.24, 2.45) is 0 Å². The highest BCUT2D eigenvalue weighted by Crippen LogP contribution is 2.25. The lowest BCUT2D eigenvalue weighted by Gasteiger charge is -2.18. The van der Waals surface area contributed by atoms with Crippen LogP contribution >= 0.6 is 0 Å². The van der Waals surface area contributed by atoms with E-state index in [1.165, 1.54) is 6.07 Å². The van der Waals surface area contributed by atoms with Crippen LogP contribution in [0.4, 0.5) is 15.8 Å². The average Bonchev–Trinajstić information content (AvgIpc) is 2.92. The van der Waals surface area contributed by atoms with E-state index in [1.54, 1.807) is 12.1 Å². The standard InChI is InChI=1S/C14H17FN2O4/c15-11-7-10(16-13(18)8-21-9-14(19)20)3-4-12(11)17-5-1-2-6-17/h3-4,7H,1-2,5-6,8-9H2,(H,16,18)(H,19,20). The number of amides is 1. The third-order valence-corrected chi connectivity index (χ3v) is 3.14. The van der Waals surface area contributed by atoms with Crippen LogP contribution in [0.5, 0.6) is 0 Å². The maximum Gasteiger partial charge on any atom is 0.329 e. The summed E-state index contributed by atoms with van der Waals surface area (Å²) in [6.45, 7) is 0.745. The summed E-state index contributed by atoms with van der Waals surface area (Å²) in [5.41, 5.74) is 0.854. The molecule has 0 bridgehead atoms. The molecule has 1 fully saturated rings. The molecule has 0 aromatic heterocycles. The molecule has 1 heterocycles. The second-order valence-corrected chi connectivity index (χ2v) is 4.80. The predicted octanol–water partition coefficient (Wildman–Crippen LogP) is 1.47. The number of rotatable bonds is 6. The number of hydrogen-bond donors (Lipinski definition) is 2. The molecule has 0 saturated carbocycles. The number of carbonyl (C=O) groups is 2. The number of carboxylic acids is 1. The van der Waals surface area contributed by atoms with Gasteiger partial charge >= 0.3 is 5.97 Å². The van der Waals surface area contributed by atoms with Gasteiger partial charge in [-0.05, 0) is 31.0 Å². The van der Waals surface area contributed by atoms with Crippen LogP contribution in [-0.2, 0) is 14.3 Å². The van der Waals surface area contributed by atoms with Gasteiger partial charge in [0.1, 0.15) is 19.0 Å². The Morgan fingerprint density at radius 2 is 2.00 bits per heavy atom. The van der Waals surface area contributed by atoms with Crippen molar-refractivity contribution in [1.82, 2.24) is 0 Å². The van der Waals surface area contributed by atoms with Gasteiger partial charge in [0, 0.05) is 18.8 Å². The molecule has 0 unspecified atom stereocenters. The summed E-state index contributed by atoms with van der Waals surface area (Å²) in [4.78, 5) is 23.7. The predicted molar refractivity (Wildman–Crippen MR) is 74.9 cm³/mol. The van der Waals surface area contributed by atoms with Crippen LogP contribution in [0.1, 0.15) is 12.8 Å². The second-order valence-electron chi connectivity index (χ2n) is 4.80. The molecule has 1 aliphatic heterocycles. The van der Waals surface area contributed by atoms with Gasteiger partial charge in [-0.3, -0.25) is 4.79 Å². The molecule has 1 aromatic rings. The zero-order valence-electron chi connectivity index (χ0n) is 11.5. The third-order valence-electron chi connectivity index (χ3n) is 3.14. The van der Waals surface area contributed by atoms with E-state index in [0.29, 0.717) is 11.4 Å². The number of halogens is 1. The smallest absolute Gasteiger partial charge is 0.329 e. The zero-order valence-corrected chi connectivity index (χ0v) is 11.5. The SMILES string of the molecule is O=C(O)COCC(=O)Nc1ccc(N2CCCC2)c(F)c1. The maximum atomic E-state index is 14.0. The van der Waals surface area contributed by atoms with Crippen molar-refractivity contribution in [3.05, 3.63) is 24.0 Å². The van der Waals surface area contributed by atoms with E-state index < -0.39 is 18.5 Å². The third kappa shape index (κ3) is 4.42. The van der Waals surface area contributed by atoms with Crippen LogP contribution < -0.4 is 10.2 Å². The minimum atomic E-state index is -1.15. The molecule has 1 amide bonds. The molecular weight excluding hydrogens is 279 g/mol. The molecule has 0 radical (unpaired) electrons. The van der Waals surface area contributed by atoms with Crippen molar-refractivity contribution in [2.75, 3.05) is 36.5 Å². The van der Waals surface area contributed by atoms with E-state index in [4.69, 9.17) is 5.11 Å². The van der Waals surface area contributed by atoms with Gasteiger partial charge in [0.2, 0.25) is 5.91 Å². The summed E-state index contributed by atoms with van der Waals surface area (Å²) >= 11 is 0. The molecule has 1 saturated heterocycles. The number of carbonyl (C=O) groups excluding carboxylic acids is 1. The molecule has 0 spiro atoms. The number of benzene rings is 1. The number of carboxylic acid groups (broad SMARTS) is 1. The summed E-state index contributed by atoms with van der Waals surface area (Å²) in [5.74, 6) is -2.06. The van der Waals surface area contributed by atoms with Gasteiger partial charge in [-0.15, -0.1) is 0 Å². The van der Waals surface area contributed by atoms with Crippen LogP contribution in [0.15, 0.2) is 18.2 Å². The van der Waals surface area contributed by atoms with E-state index in [0.717, 1.165) is 25.9 Å². The van der Waals surface area contributed by atoms with Crippen LogP contribution in [0.2, 0.25) is 0 Å². The van der Waals surface area contributed by atoms with Crippen LogP contribution in [0.3, 0.4) is 0 Å². The summed E-state index contributed by atoms with van der Waals surface area (Å²) in [5, 5.41) is 10.8. The van der Waals surface area contributed by atoms with Gasteiger partial charge in [0.25, 0.3) is 0 Å². The minimum Gasteiger partial charge on any atom is -0.480 e. The lowest BCUT2D eigenvalue weighted by atomic mass is 10.2. The molecule has 0 aliphatic carbocycles. The highest BCUT2D eigenvalue weighted by atomic mass is 19.1. The lowest BCUT2D eigenvalue weighted by Crippen LogP contribution is -2.21. The summed E-state index contributed by atoms with van der Waals surface area (Å²) in [7, 11) is 0. The van der Waals surface area contributed by atoms with Crippen molar-refractivity contribution in [1.29, 1.82) is 0 Å². The number of aliphatic carboxylic acids is 1. The zero-order chi connectivity index (χ0) is 15.2. The van der Waals surface area contributed by atoms with Crippen LogP contribution in [0.25, 0.3) is 0 Å². The van der Waals surface area contributed by atoms with Crippen LogP contribution in [0, 0.1) is 5.82 Å². The Hall–Kier alpha value is -2.15. The summed E-state index contributed by atoms with van der Waals surface area (Å²) in [6, 6.07) is 4.50. The fourth-order valence-corrected chi connectivity index (χ4v) is 2.23. The molecule has 2 N–H and O–H groups in total. The first-order chi connectivity index (χ1) is 10.1. The van der Waals surface area contributed by atoms with Gasteiger partial charge in [0.05, 0.1) is 5.69 Å². The Bertz CT molecular complexity index is 530. The topological polar surface area (TPSA) is 78.9 Å². The number of anilines is 2. The van der Waals surface area contributed by atoms with Crippen LogP contribution in [-0.4, -0.2) is 43.3 Å². The van der Waals surface area contributed by atoms with Crippen molar-refractivity contribution in [2.45, 2.75) is 12.8 Å². The Morgan fingerprint density at radius 1 is 1.29 bits per heavy atom. The Morgan fingerprint density at radius 3 is 2.62 bits per heavy atom. The van der Waals surface area contributed by atoms with Crippen molar-refractivity contribution in [3.8, 4) is 0 Å². The highest BCUT2D eigenvalue weighted by molar-refractivity contribution is 5.92. The molecule has 21 heavy (non-hydrogen) atoms. The summed E-state index contributed by atoms with van der Waals surface area (Å²) in [6.07, 6.45) is 2.11. The number of hydrogen-bond acceptors (Lipinski definition) is 4. The van der Waals surface area contributed by atoms with E-state index >= 15 is 0 Å². The molecular formula is C14H17FN2O4. The van der Waals surface area contributed by atoms with Crippen molar-refractivity contribution in [3.63, 3.8) is 0 Å². The molecule has 1 aromatic carbocycles. The highest BCUT2D eigenvalue weighted by Gasteiger charge is 2.16. The molecule has 6 nitrogen and oxygen atoms in total. The molecule has 7 heteroatoms. The lowest BCUT2D eigenvalue weighted by molar-refractivity contribution is -0.143. The molecule has 2 rings (SSSR count). The minimum absolute atomic E-state index is 0.319. The van der Waals surface area contributed by atoms with Crippen molar-refractivity contribution >= 4 is 23.3 Å². The first kappa shape index (κ1) is 15.2. The van der Waals surface area contributed by atoms with E-state index in [9.17, 15) is 14.0 Å². The number of ether oxygens (including phenoxy) is 1. The average molecular weight is 296 g/mol. The van der Waals surface area contributed by atoms with E-state index in [1.807, 2.05) is 4.90 Å². The van der Waals surface area contributed by atoms with Gasteiger partial charge < -0.3 is 20.1 Å². The Labute approximate surface area is 121 Å². The molecule has 114 valence electrons. The number of nitrogens with one attached hydrogen (secondary N) is 1. The first-order valence-corrected chi connectivity index (χ1v) is 6.70. The maximum absolute atomic E-state index is 14.0. The normalized spacial score (nSPS) is 14.2. The van der Waals surface area contributed by atoms with Gasteiger partial charge in [-0.25, -0.2) is 9.18 Å². The van der Waals surface area contributed by atoms with Crippen molar-refractivity contribution < 1.29 is 23.8 Å². The second kappa shape index (κ2) is 7.03. The largest absolute Gasteiger partial charge is 0.480 e. The van der Waals surface area contributed by atoms with E-state index in [-0.39, 0.29) is 12.4 Å². The molecule has 1 aliphatic rings.